The molecule has 1 atom stereocenters. The molecule has 1 heterocycles. The summed E-state index contributed by atoms with van der Waals surface area (Å²) in [6.07, 6.45) is 0.200. The van der Waals surface area contributed by atoms with E-state index in [-0.39, 0.29) is 6.61 Å². The van der Waals surface area contributed by atoms with Crippen molar-refractivity contribution in [1.82, 2.24) is 4.98 Å². The largest absolute Gasteiger partial charge is 0.399 e. The number of aliphatic hydroxyl groups excluding tert-OH is 1. The Morgan fingerprint density at radius 2 is 2.32 bits per heavy atom. The molecule has 0 radical (unpaired) electrons. The van der Waals surface area contributed by atoms with Gasteiger partial charge in [-0.1, -0.05) is 12.1 Å². The lowest BCUT2D eigenvalue weighted by Crippen LogP contribution is -2.09. The second-order valence-electron chi connectivity index (χ2n) is 4.37. The summed E-state index contributed by atoms with van der Waals surface area (Å²) in [5, 5.41) is 9.97. The summed E-state index contributed by atoms with van der Waals surface area (Å²) in [4.78, 5) is 5.42. The van der Waals surface area contributed by atoms with E-state index in [1.165, 1.54) is 4.88 Å². The molecule has 1 unspecified atom stereocenters. The topological polar surface area (TPSA) is 68.4 Å². The van der Waals surface area contributed by atoms with Crippen LogP contribution in [0.5, 0.6) is 0 Å². The van der Waals surface area contributed by atoms with Gasteiger partial charge in [0.25, 0.3) is 0 Å². The predicted molar refractivity (Wildman–Crippen MR) is 77.2 cm³/mol. The van der Waals surface area contributed by atoms with Gasteiger partial charge in [-0.05, 0) is 24.6 Å². The highest BCUT2D eigenvalue weighted by Crippen LogP contribution is 2.17. The molecule has 0 aliphatic rings. The number of nitrogens with zero attached hydrogens (tertiary/aromatic N) is 1. The molecular formula is C14H18N2O2S. The van der Waals surface area contributed by atoms with E-state index in [0.717, 1.165) is 17.7 Å². The van der Waals surface area contributed by atoms with E-state index < -0.39 is 6.10 Å². The van der Waals surface area contributed by atoms with Crippen molar-refractivity contribution in [2.24, 2.45) is 0 Å². The Bertz CT molecular complexity index is 528. The Hall–Kier alpha value is -1.43. The van der Waals surface area contributed by atoms with Crippen molar-refractivity contribution in [3.8, 4) is 0 Å². The van der Waals surface area contributed by atoms with Crippen LogP contribution in [0.25, 0.3) is 0 Å². The number of anilines is 1. The lowest BCUT2D eigenvalue weighted by atomic mass is 10.1. The Morgan fingerprint density at radius 1 is 1.47 bits per heavy atom. The fraction of sp³-hybridized carbons (Fsp3) is 0.357. The Labute approximate surface area is 116 Å². The number of hydrogen-bond acceptors (Lipinski definition) is 5. The molecule has 5 heteroatoms. The normalized spacial score (nSPS) is 12.5. The molecule has 1 aromatic carbocycles. The van der Waals surface area contributed by atoms with Crippen LogP contribution in [0.3, 0.4) is 0 Å². The molecule has 0 aliphatic heterocycles. The number of rotatable bonds is 6. The number of aromatic nitrogens is 1. The van der Waals surface area contributed by atoms with Crippen LogP contribution in [-0.4, -0.2) is 23.3 Å². The van der Waals surface area contributed by atoms with Crippen molar-refractivity contribution >= 4 is 17.0 Å². The van der Waals surface area contributed by atoms with Gasteiger partial charge in [0.2, 0.25) is 0 Å². The monoisotopic (exact) mass is 278 g/mol. The molecule has 4 nitrogen and oxygen atoms in total. The Balaban J connectivity index is 1.75. The third kappa shape index (κ3) is 4.02. The summed E-state index contributed by atoms with van der Waals surface area (Å²) >= 11 is 1.64. The van der Waals surface area contributed by atoms with Crippen molar-refractivity contribution in [3.63, 3.8) is 0 Å². The third-order valence-electron chi connectivity index (χ3n) is 2.89. The summed E-state index contributed by atoms with van der Waals surface area (Å²) in [6, 6.07) is 7.23. The maximum absolute atomic E-state index is 9.97. The van der Waals surface area contributed by atoms with Crippen LogP contribution in [0, 0.1) is 6.92 Å². The highest BCUT2D eigenvalue weighted by molar-refractivity contribution is 7.09. The van der Waals surface area contributed by atoms with Gasteiger partial charge in [0.05, 0.1) is 24.4 Å². The fourth-order valence-corrected chi connectivity index (χ4v) is 2.55. The number of nitrogens with two attached hydrogens (primary N) is 1. The van der Waals surface area contributed by atoms with Crippen LogP contribution in [-0.2, 0) is 11.2 Å². The van der Waals surface area contributed by atoms with Gasteiger partial charge in [-0.25, -0.2) is 4.98 Å². The molecule has 0 fully saturated rings. The molecule has 2 rings (SSSR count). The molecular weight excluding hydrogens is 260 g/mol. The minimum Gasteiger partial charge on any atom is -0.399 e. The van der Waals surface area contributed by atoms with Crippen LogP contribution in [0.15, 0.2) is 29.8 Å². The summed E-state index contributed by atoms with van der Waals surface area (Å²) in [5.41, 5.74) is 10.0. The summed E-state index contributed by atoms with van der Waals surface area (Å²) in [7, 11) is 0. The first-order valence-electron chi connectivity index (χ1n) is 6.17. The molecule has 2 aromatic rings. The first-order valence-corrected chi connectivity index (χ1v) is 7.05. The Morgan fingerprint density at radius 3 is 3.00 bits per heavy atom. The highest BCUT2D eigenvalue weighted by atomic mass is 32.1. The van der Waals surface area contributed by atoms with Gasteiger partial charge in [-0.15, -0.1) is 11.3 Å². The lowest BCUT2D eigenvalue weighted by Gasteiger charge is -2.12. The zero-order chi connectivity index (χ0) is 13.7. The number of benzene rings is 1. The quantitative estimate of drug-likeness (QED) is 0.628. The lowest BCUT2D eigenvalue weighted by molar-refractivity contribution is 0.0376. The number of aryl methyl sites for hydroxylation is 1. The molecule has 0 aliphatic carbocycles. The van der Waals surface area contributed by atoms with Crippen molar-refractivity contribution in [3.05, 3.63) is 45.9 Å². The average molecular weight is 278 g/mol. The van der Waals surface area contributed by atoms with Gasteiger partial charge >= 0.3 is 0 Å². The van der Waals surface area contributed by atoms with E-state index in [4.69, 9.17) is 10.5 Å². The van der Waals surface area contributed by atoms with E-state index in [9.17, 15) is 5.11 Å². The number of thiazole rings is 1. The zero-order valence-corrected chi connectivity index (χ0v) is 11.7. The maximum atomic E-state index is 9.97. The molecule has 19 heavy (non-hydrogen) atoms. The maximum Gasteiger partial charge on any atom is 0.102 e. The average Bonchev–Trinajstić information content (AvgIpc) is 2.80. The van der Waals surface area contributed by atoms with E-state index >= 15 is 0 Å². The van der Waals surface area contributed by atoms with E-state index in [2.05, 4.69) is 4.98 Å². The zero-order valence-electron chi connectivity index (χ0n) is 10.9. The smallest absolute Gasteiger partial charge is 0.102 e. The minimum atomic E-state index is -0.633. The molecule has 102 valence electrons. The summed E-state index contributed by atoms with van der Waals surface area (Å²) in [6.45, 7) is 2.86. The molecule has 3 N–H and O–H groups in total. The number of hydrogen-bond donors (Lipinski definition) is 2. The minimum absolute atomic E-state index is 0.279. The van der Waals surface area contributed by atoms with E-state index in [1.807, 2.05) is 24.6 Å². The molecule has 0 amide bonds. The van der Waals surface area contributed by atoms with Crippen molar-refractivity contribution in [2.75, 3.05) is 18.9 Å². The van der Waals surface area contributed by atoms with Crippen LogP contribution in [0.2, 0.25) is 0 Å². The molecule has 0 saturated heterocycles. The Kier molecular flexibility index (Phi) is 4.90. The fourth-order valence-electron chi connectivity index (χ4n) is 1.79. The SMILES string of the molecule is Cc1ncsc1CCOCC(O)c1cccc(N)c1. The number of aliphatic hydroxyl groups is 1. The van der Waals surface area contributed by atoms with Crippen LogP contribution >= 0.6 is 11.3 Å². The van der Waals surface area contributed by atoms with Crippen molar-refractivity contribution < 1.29 is 9.84 Å². The van der Waals surface area contributed by atoms with E-state index in [0.29, 0.717) is 12.3 Å². The van der Waals surface area contributed by atoms with Gasteiger partial charge in [0, 0.05) is 17.0 Å². The second-order valence-corrected chi connectivity index (χ2v) is 5.31. The predicted octanol–water partition coefficient (Wildman–Crippen LogP) is 2.33. The standard InChI is InChI=1S/C14H18N2O2S/c1-10-14(19-9-16-10)5-6-18-8-13(17)11-3-2-4-12(15)7-11/h2-4,7,9,13,17H,5-6,8,15H2,1H3. The van der Waals surface area contributed by atoms with Gasteiger partial charge < -0.3 is 15.6 Å². The summed E-state index contributed by atoms with van der Waals surface area (Å²) < 4.78 is 5.51. The third-order valence-corrected chi connectivity index (χ3v) is 3.88. The van der Waals surface area contributed by atoms with Gasteiger partial charge in [0.1, 0.15) is 6.10 Å². The number of ether oxygens (including phenoxy) is 1. The van der Waals surface area contributed by atoms with Crippen LogP contribution < -0.4 is 5.73 Å². The molecule has 1 aromatic heterocycles. The van der Waals surface area contributed by atoms with Crippen molar-refractivity contribution in [1.29, 1.82) is 0 Å². The highest BCUT2D eigenvalue weighted by Gasteiger charge is 2.08. The number of nitrogen functional groups attached to an aromatic ring is 1. The van der Waals surface area contributed by atoms with Crippen molar-refractivity contribution in [2.45, 2.75) is 19.4 Å². The first kappa shape index (κ1) is 14.0. The first-order chi connectivity index (χ1) is 9.16. The molecule has 0 spiro atoms. The van der Waals surface area contributed by atoms with Crippen LogP contribution in [0.4, 0.5) is 5.69 Å². The van der Waals surface area contributed by atoms with Gasteiger partial charge in [-0.3, -0.25) is 0 Å². The molecule has 0 saturated carbocycles. The van der Waals surface area contributed by atoms with Gasteiger partial charge in [-0.2, -0.15) is 0 Å². The van der Waals surface area contributed by atoms with E-state index in [1.54, 1.807) is 23.5 Å². The van der Waals surface area contributed by atoms with Gasteiger partial charge in [0.15, 0.2) is 0 Å². The van der Waals surface area contributed by atoms with Crippen LogP contribution in [0.1, 0.15) is 22.2 Å². The second kappa shape index (κ2) is 6.65. The molecule has 0 bridgehead atoms. The summed E-state index contributed by atoms with van der Waals surface area (Å²) in [5.74, 6) is 0.